The molecule has 0 amide bonds. The zero-order chi connectivity index (χ0) is 2.00. The van der Waals surface area contributed by atoms with Crippen molar-refractivity contribution in [1.82, 2.24) is 0 Å². The van der Waals surface area contributed by atoms with Crippen LogP contribution in [0.4, 0.5) is 0 Å². The van der Waals surface area contributed by atoms with Crippen molar-refractivity contribution in [2.24, 2.45) is 0 Å². The zero-order valence-corrected chi connectivity index (χ0v) is 7.61. The Bertz CT molecular complexity index is 7.61. The van der Waals surface area contributed by atoms with Crippen molar-refractivity contribution in [1.29, 1.82) is 0 Å². The van der Waals surface area contributed by atoms with Crippen LogP contribution in [-0.4, -0.2) is 0 Å². The van der Waals surface area contributed by atoms with Gasteiger partial charge >= 0.3 is 0 Å². The SMILES string of the molecule is [CH2]C.[Ce].[Cl-].[Cl-]. The van der Waals surface area contributed by atoms with Crippen LogP contribution >= 0.6 is 0 Å². The molecule has 0 spiro atoms. The first-order valence-corrected chi connectivity index (χ1v) is 0.707. The molecular weight excluding hydrogens is 235 g/mol. The molecule has 1 radical (unpaired) electrons. The second kappa shape index (κ2) is 38.2. The molecular formula is C2H5CeCl2-2. The van der Waals surface area contributed by atoms with E-state index < -0.39 is 0 Å². The summed E-state index contributed by atoms with van der Waals surface area (Å²) in [5.41, 5.74) is 0. The second-order valence-corrected chi connectivity index (χ2v) is 0. The fraction of sp³-hybridized carbons (Fsp3) is 0.500. The van der Waals surface area contributed by atoms with Crippen LogP contribution in [0.2, 0.25) is 0 Å². The van der Waals surface area contributed by atoms with Crippen LogP contribution in [-0.2, 0) is 0 Å². The van der Waals surface area contributed by atoms with Crippen LogP contribution in [0.1, 0.15) is 6.92 Å². The Morgan fingerprint density at radius 3 is 1.00 bits per heavy atom. The molecule has 0 N–H and O–H groups in total. The van der Waals surface area contributed by atoms with Crippen molar-refractivity contribution >= 4 is 0 Å². The molecule has 0 aromatic rings. The molecule has 3 heteroatoms. The van der Waals surface area contributed by atoms with E-state index in [0.29, 0.717) is 0 Å². The molecule has 0 saturated carbocycles. The van der Waals surface area contributed by atoms with E-state index >= 15 is 0 Å². The van der Waals surface area contributed by atoms with Crippen LogP contribution < -0.4 is 24.8 Å². The summed E-state index contributed by atoms with van der Waals surface area (Å²) in [6.07, 6.45) is 0. The van der Waals surface area contributed by atoms with Gasteiger partial charge in [0.15, 0.2) is 0 Å². The Morgan fingerprint density at radius 1 is 1.00 bits per heavy atom. The Morgan fingerprint density at radius 2 is 1.00 bits per heavy atom. The first-order valence-electron chi connectivity index (χ1n) is 0.707. The van der Waals surface area contributed by atoms with E-state index in [1.165, 1.54) is 0 Å². The minimum Gasteiger partial charge on any atom is -1.00 e. The number of rotatable bonds is 0. The Labute approximate surface area is 79.3 Å². The monoisotopic (exact) mass is 239 g/mol. The quantitative estimate of drug-likeness (QED) is 0.397. The van der Waals surface area contributed by atoms with Crippen molar-refractivity contribution in [2.75, 3.05) is 0 Å². The summed E-state index contributed by atoms with van der Waals surface area (Å²) in [7, 11) is 0. The third-order valence-electron chi connectivity index (χ3n) is 0. The van der Waals surface area contributed by atoms with Crippen molar-refractivity contribution < 1.29 is 66.6 Å². The molecule has 0 fully saturated rings. The van der Waals surface area contributed by atoms with E-state index in [0.717, 1.165) is 0 Å². The molecule has 0 aliphatic heterocycles. The number of hydrogen-bond donors (Lipinski definition) is 0. The summed E-state index contributed by atoms with van der Waals surface area (Å²) >= 11 is 0. The van der Waals surface area contributed by atoms with Crippen molar-refractivity contribution in [3.05, 3.63) is 6.92 Å². The number of halogens is 2. The maximum atomic E-state index is 3.25. The average Bonchev–Trinajstić information content (AvgIpc) is 1.00. The van der Waals surface area contributed by atoms with Gasteiger partial charge in [-0.05, 0) is 0 Å². The Kier molecular flexibility index (Phi) is 216. The van der Waals surface area contributed by atoms with E-state index in [-0.39, 0.29) is 66.6 Å². The molecule has 0 aliphatic carbocycles. The normalized spacial score (nSPS) is 1.20. The van der Waals surface area contributed by atoms with Crippen LogP contribution in [0.15, 0.2) is 0 Å². The predicted octanol–water partition coefficient (Wildman–Crippen LogP) is -5.15. The molecule has 0 aromatic heterocycles. The molecule has 0 nitrogen and oxygen atoms in total. The molecule has 0 bridgehead atoms. The first kappa shape index (κ1) is 28.2. The summed E-state index contributed by atoms with van der Waals surface area (Å²) in [6.45, 7) is 5.00. The average molecular weight is 240 g/mol. The molecule has 5 heavy (non-hydrogen) atoms. The van der Waals surface area contributed by atoms with Gasteiger partial charge in [-0.3, -0.25) is 0 Å². The maximum absolute atomic E-state index is 3.25. The van der Waals surface area contributed by atoms with Gasteiger partial charge in [0.2, 0.25) is 0 Å². The minimum absolute atomic E-state index is 0. The van der Waals surface area contributed by atoms with Crippen LogP contribution in [0.25, 0.3) is 0 Å². The first-order chi connectivity index (χ1) is 1.00. The second-order valence-electron chi connectivity index (χ2n) is 0. The molecule has 33 valence electrons. The van der Waals surface area contributed by atoms with Crippen LogP contribution in [0.5, 0.6) is 0 Å². The van der Waals surface area contributed by atoms with E-state index in [4.69, 9.17) is 0 Å². The van der Waals surface area contributed by atoms with E-state index in [1.54, 1.807) is 6.92 Å². The molecule has 0 saturated heterocycles. The molecule has 0 aromatic carbocycles. The molecule has 0 unspecified atom stereocenters. The Balaban J connectivity index is -0.00000000167. The van der Waals surface area contributed by atoms with Crippen molar-refractivity contribution in [2.45, 2.75) is 6.92 Å². The van der Waals surface area contributed by atoms with Gasteiger partial charge in [0.25, 0.3) is 0 Å². The Hall–Kier alpha value is 1.96. The van der Waals surface area contributed by atoms with Gasteiger partial charge in [0.05, 0.1) is 0 Å². The van der Waals surface area contributed by atoms with Crippen LogP contribution in [0.3, 0.4) is 0 Å². The van der Waals surface area contributed by atoms with Gasteiger partial charge in [0, 0.05) is 41.7 Å². The summed E-state index contributed by atoms with van der Waals surface area (Å²) in [6, 6.07) is 0. The smallest absolute Gasteiger partial charge is 0 e. The van der Waals surface area contributed by atoms with Crippen molar-refractivity contribution in [3.63, 3.8) is 0 Å². The van der Waals surface area contributed by atoms with E-state index in [9.17, 15) is 0 Å². The largest absolute Gasteiger partial charge is 1.00 e. The predicted molar refractivity (Wildman–Crippen MR) is 11.0 cm³/mol. The molecule has 0 aliphatic rings. The molecule has 0 heterocycles. The third-order valence-corrected chi connectivity index (χ3v) is 0. The van der Waals surface area contributed by atoms with Gasteiger partial charge in [-0.15, -0.1) is 0 Å². The standard InChI is InChI=1S/C2H5.Ce.2ClH/c1-2;;;/h1H2,2H3;;2*1H/p-2. The van der Waals surface area contributed by atoms with E-state index in [1.807, 2.05) is 0 Å². The van der Waals surface area contributed by atoms with Gasteiger partial charge in [0.1, 0.15) is 0 Å². The molecule has 0 atom stereocenters. The summed E-state index contributed by atoms with van der Waals surface area (Å²) < 4.78 is 0. The van der Waals surface area contributed by atoms with E-state index in [2.05, 4.69) is 6.92 Å². The minimum atomic E-state index is 0. The summed E-state index contributed by atoms with van der Waals surface area (Å²) in [5.74, 6) is 0. The zero-order valence-electron chi connectivity index (χ0n) is 2.96. The van der Waals surface area contributed by atoms with Crippen LogP contribution in [0, 0.1) is 48.7 Å². The van der Waals surface area contributed by atoms with Gasteiger partial charge in [-0.2, -0.15) is 0 Å². The van der Waals surface area contributed by atoms with Crippen molar-refractivity contribution in [3.8, 4) is 0 Å². The van der Waals surface area contributed by atoms with Gasteiger partial charge < -0.3 is 24.8 Å². The fourth-order valence-corrected chi connectivity index (χ4v) is 0. The fourth-order valence-electron chi connectivity index (χ4n) is 0. The summed E-state index contributed by atoms with van der Waals surface area (Å²) in [4.78, 5) is 0. The topological polar surface area (TPSA) is 0 Å². The number of hydrogen-bond acceptors (Lipinski definition) is 0. The van der Waals surface area contributed by atoms with Gasteiger partial charge in [-0.1, -0.05) is 13.8 Å². The maximum Gasteiger partial charge on any atom is 0 e. The van der Waals surface area contributed by atoms with Gasteiger partial charge in [-0.25, -0.2) is 0 Å². The molecule has 0 rings (SSSR count). The third kappa shape index (κ3) is 24.4. The summed E-state index contributed by atoms with van der Waals surface area (Å²) in [5, 5.41) is 0.